The van der Waals surface area contributed by atoms with Crippen molar-refractivity contribution in [3.05, 3.63) is 48.3 Å². The molecule has 2 aliphatic rings. The maximum atomic E-state index is 12.0. The molecule has 29 heavy (non-hydrogen) atoms. The summed E-state index contributed by atoms with van der Waals surface area (Å²) in [5, 5.41) is 9.82. The number of carboxylic acid groups (broad SMARTS) is 1. The number of hydrogen-bond acceptors (Lipinski definition) is 4. The van der Waals surface area contributed by atoms with Crippen LogP contribution >= 0.6 is 0 Å². The first kappa shape index (κ1) is 21.1. The van der Waals surface area contributed by atoms with Gasteiger partial charge in [-0.15, -0.1) is 0 Å². The molecule has 1 aliphatic carbocycles. The third kappa shape index (κ3) is 5.92. The largest absolute Gasteiger partial charge is 0.465 e. The van der Waals surface area contributed by atoms with E-state index in [1.807, 2.05) is 25.4 Å². The Hall–Kier alpha value is -2.63. The maximum absolute atomic E-state index is 12.0. The Bertz CT molecular complexity index is 789. The zero-order valence-electron chi connectivity index (χ0n) is 17.5. The first-order chi connectivity index (χ1) is 14.0. The second-order valence-corrected chi connectivity index (χ2v) is 8.59. The summed E-state index contributed by atoms with van der Waals surface area (Å²) in [5.74, 6) is 0.344. The van der Waals surface area contributed by atoms with Crippen molar-refractivity contribution in [3.63, 3.8) is 0 Å². The zero-order valence-corrected chi connectivity index (χ0v) is 17.5. The fraction of sp³-hybridized carbons (Fsp3) is 0.522. The summed E-state index contributed by atoms with van der Waals surface area (Å²) in [6.07, 6.45) is 17.1. The van der Waals surface area contributed by atoms with Crippen LogP contribution in [0.2, 0.25) is 0 Å². The van der Waals surface area contributed by atoms with E-state index in [1.54, 1.807) is 12.4 Å². The van der Waals surface area contributed by atoms with Crippen LogP contribution in [0.1, 0.15) is 38.2 Å². The maximum Gasteiger partial charge on any atom is 0.411 e. The van der Waals surface area contributed by atoms with Gasteiger partial charge >= 0.3 is 6.09 Å². The molecule has 1 saturated carbocycles. The molecule has 2 unspecified atom stereocenters. The average molecular weight is 397 g/mol. The van der Waals surface area contributed by atoms with Gasteiger partial charge in [0, 0.05) is 25.8 Å². The van der Waals surface area contributed by atoms with E-state index in [4.69, 9.17) is 0 Å². The van der Waals surface area contributed by atoms with E-state index in [-0.39, 0.29) is 5.41 Å². The second kappa shape index (κ2) is 9.72. The molecule has 1 aromatic heterocycles. The predicted octanol–water partition coefficient (Wildman–Crippen LogP) is 4.53. The van der Waals surface area contributed by atoms with Gasteiger partial charge in [0.2, 0.25) is 0 Å². The van der Waals surface area contributed by atoms with Gasteiger partial charge in [-0.1, -0.05) is 37.6 Å². The first-order valence-electron chi connectivity index (χ1n) is 10.4. The van der Waals surface area contributed by atoms with Crippen LogP contribution < -0.4 is 4.90 Å². The molecule has 6 heteroatoms. The van der Waals surface area contributed by atoms with Gasteiger partial charge in [0.1, 0.15) is 0 Å². The molecule has 0 saturated heterocycles. The van der Waals surface area contributed by atoms with Crippen LogP contribution in [0, 0.1) is 18.3 Å². The van der Waals surface area contributed by atoms with Crippen molar-refractivity contribution in [1.82, 2.24) is 9.88 Å². The first-order valence-corrected chi connectivity index (χ1v) is 10.4. The molecule has 0 bridgehead atoms. The number of hydrogen-bond donors (Lipinski definition) is 1. The van der Waals surface area contributed by atoms with Crippen LogP contribution in [0.4, 0.5) is 10.5 Å². The van der Waals surface area contributed by atoms with Gasteiger partial charge in [-0.05, 0) is 49.1 Å². The lowest BCUT2D eigenvalue weighted by Gasteiger charge is -2.42. The Balaban J connectivity index is 1.68. The lowest BCUT2D eigenvalue weighted by atomic mass is 9.70. The second-order valence-electron chi connectivity index (χ2n) is 8.59. The van der Waals surface area contributed by atoms with Gasteiger partial charge in [-0.2, -0.15) is 0 Å². The van der Waals surface area contributed by atoms with E-state index < -0.39 is 6.09 Å². The number of nitrogens with zero attached hydrogens (tertiary/aromatic N) is 4. The SMILES string of the molecule is Cc1ccncc1N(CC1CCCC(C)(CN2/C=N\C/C=C\C=C/C2)C1)C(=O)O. The molecule has 1 aromatic rings. The van der Waals surface area contributed by atoms with Gasteiger partial charge in [-0.3, -0.25) is 14.9 Å². The molecule has 0 radical (unpaired) electrons. The number of allylic oxidation sites excluding steroid dienone is 2. The number of anilines is 1. The van der Waals surface area contributed by atoms with Crippen molar-refractivity contribution in [2.75, 3.05) is 31.1 Å². The van der Waals surface area contributed by atoms with Crippen LogP contribution in [-0.2, 0) is 0 Å². The van der Waals surface area contributed by atoms with Crippen LogP contribution in [0.3, 0.4) is 0 Å². The molecule has 1 amide bonds. The third-order valence-corrected chi connectivity index (χ3v) is 5.91. The Morgan fingerprint density at radius 1 is 1.38 bits per heavy atom. The monoisotopic (exact) mass is 396 g/mol. The lowest BCUT2D eigenvalue weighted by molar-refractivity contribution is 0.129. The number of pyridine rings is 1. The fourth-order valence-electron chi connectivity index (χ4n) is 4.57. The standard InChI is InChI=1S/C23H32N4O2/c1-19-9-12-24-15-21(19)27(22(28)29)16-20-8-7-10-23(2,14-20)17-26-13-6-4-3-5-11-25-18-26/h3-6,9,12,15,18,20H,7-8,10-11,13-14,16-17H2,1-2H3,(H,28,29)/b5-3-,6-4-,25-18-. The summed E-state index contributed by atoms with van der Waals surface area (Å²) < 4.78 is 0. The van der Waals surface area contributed by atoms with E-state index in [0.717, 1.165) is 44.3 Å². The highest BCUT2D eigenvalue weighted by molar-refractivity contribution is 5.86. The number of aromatic nitrogens is 1. The van der Waals surface area contributed by atoms with Crippen molar-refractivity contribution in [3.8, 4) is 0 Å². The average Bonchev–Trinajstić information content (AvgIpc) is 2.80. The molecule has 3 rings (SSSR count). The summed E-state index contributed by atoms with van der Waals surface area (Å²) in [4.78, 5) is 24.4. The number of aryl methyl sites for hydroxylation is 1. The van der Waals surface area contributed by atoms with Gasteiger partial charge < -0.3 is 10.0 Å². The number of carbonyl (C=O) groups is 1. The summed E-state index contributed by atoms with van der Waals surface area (Å²) in [6, 6.07) is 1.86. The van der Waals surface area contributed by atoms with E-state index in [1.165, 1.54) is 4.90 Å². The van der Waals surface area contributed by atoms with Crippen molar-refractivity contribution in [1.29, 1.82) is 0 Å². The molecule has 1 fully saturated rings. The molecule has 6 nitrogen and oxygen atoms in total. The Kier molecular flexibility index (Phi) is 7.07. The Labute approximate surface area is 173 Å². The van der Waals surface area contributed by atoms with Gasteiger partial charge in [0.15, 0.2) is 0 Å². The van der Waals surface area contributed by atoms with Gasteiger partial charge in [-0.25, -0.2) is 4.79 Å². The van der Waals surface area contributed by atoms with Crippen LogP contribution in [-0.4, -0.2) is 53.6 Å². The smallest absolute Gasteiger partial charge is 0.411 e. The Morgan fingerprint density at radius 2 is 2.21 bits per heavy atom. The quantitative estimate of drug-likeness (QED) is 0.794. The molecular formula is C23H32N4O2. The van der Waals surface area contributed by atoms with Crippen molar-refractivity contribution in [2.45, 2.75) is 39.5 Å². The number of rotatable bonds is 5. The molecule has 0 aromatic carbocycles. The summed E-state index contributed by atoms with van der Waals surface area (Å²) in [6.45, 7) is 7.29. The molecule has 0 spiro atoms. The topological polar surface area (TPSA) is 69.0 Å². The molecule has 2 atom stereocenters. The van der Waals surface area contributed by atoms with Crippen LogP contribution in [0.15, 0.2) is 47.8 Å². The van der Waals surface area contributed by atoms with Crippen molar-refractivity contribution >= 4 is 18.1 Å². The molecule has 1 N–H and O–H groups in total. The molecular weight excluding hydrogens is 364 g/mol. The highest BCUT2D eigenvalue weighted by Crippen LogP contribution is 2.40. The van der Waals surface area contributed by atoms with Crippen molar-refractivity contribution in [2.24, 2.45) is 16.3 Å². The van der Waals surface area contributed by atoms with E-state index in [0.29, 0.717) is 24.7 Å². The van der Waals surface area contributed by atoms with E-state index in [9.17, 15) is 9.90 Å². The van der Waals surface area contributed by atoms with Crippen LogP contribution in [0.25, 0.3) is 0 Å². The highest BCUT2D eigenvalue weighted by Gasteiger charge is 2.35. The third-order valence-electron chi connectivity index (χ3n) is 5.91. The fourth-order valence-corrected chi connectivity index (χ4v) is 4.57. The van der Waals surface area contributed by atoms with E-state index in [2.05, 4.69) is 40.0 Å². The molecule has 1 aliphatic heterocycles. The number of aliphatic imine (C=N–C) groups is 1. The zero-order chi connectivity index (χ0) is 20.7. The summed E-state index contributed by atoms with van der Waals surface area (Å²) in [5.41, 5.74) is 1.78. The van der Waals surface area contributed by atoms with Gasteiger partial charge in [0.05, 0.1) is 24.8 Å². The van der Waals surface area contributed by atoms with Crippen LogP contribution in [0.5, 0.6) is 0 Å². The lowest BCUT2D eigenvalue weighted by Crippen LogP contribution is -2.42. The minimum Gasteiger partial charge on any atom is -0.465 e. The van der Waals surface area contributed by atoms with Gasteiger partial charge in [0.25, 0.3) is 0 Å². The minimum atomic E-state index is -0.904. The normalized spacial score (nSPS) is 27.9. The Morgan fingerprint density at radius 3 is 3.00 bits per heavy atom. The van der Waals surface area contributed by atoms with Crippen molar-refractivity contribution < 1.29 is 9.90 Å². The molecule has 156 valence electrons. The minimum absolute atomic E-state index is 0.151. The summed E-state index contributed by atoms with van der Waals surface area (Å²) >= 11 is 0. The van der Waals surface area contributed by atoms with E-state index >= 15 is 0 Å². The molecule has 2 heterocycles. The summed E-state index contributed by atoms with van der Waals surface area (Å²) in [7, 11) is 0. The predicted molar refractivity (Wildman–Crippen MR) is 118 cm³/mol. The highest BCUT2D eigenvalue weighted by atomic mass is 16.4. The number of amides is 1.